The number of hydrogen-bond donors (Lipinski definition) is 2. The van der Waals surface area contributed by atoms with Gasteiger partial charge in [0.1, 0.15) is 6.04 Å². The summed E-state index contributed by atoms with van der Waals surface area (Å²) in [7, 11) is 0. The predicted octanol–water partition coefficient (Wildman–Crippen LogP) is 2.59. The van der Waals surface area contributed by atoms with Gasteiger partial charge in [-0.15, -0.1) is 11.8 Å². The molecule has 3 N–H and O–H groups in total. The molecule has 2 aromatic rings. The van der Waals surface area contributed by atoms with Gasteiger partial charge in [0.2, 0.25) is 5.91 Å². The molecule has 1 amide bonds. The zero-order valence-corrected chi connectivity index (χ0v) is 12.0. The van der Waals surface area contributed by atoms with Crippen molar-refractivity contribution in [2.75, 3.05) is 12.3 Å². The van der Waals surface area contributed by atoms with Gasteiger partial charge in [0.05, 0.1) is 0 Å². The molecule has 0 heterocycles. The molecule has 0 aliphatic carbocycles. The summed E-state index contributed by atoms with van der Waals surface area (Å²) in [6.45, 7) is 0.610. The Balaban J connectivity index is 1.73. The molecule has 0 aliphatic rings. The van der Waals surface area contributed by atoms with E-state index in [4.69, 9.17) is 5.73 Å². The van der Waals surface area contributed by atoms with E-state index in [2.05, 4.69) is 17.4 Å². The summed E-state index contributed by atoms with van der Waals surface area (Å²) in [5.41, 5.74) is 6.75. The third-order valence-corrected chi connectivity index (χ3v) is 3.87. The van der Waals surface area contributed by atoms with Crippen molar-refractivity contribution in [3.63, 3.8) is 0 Å². The fraction of sp³-hybridized carbons (Fsp3) is 0.188. The van der Waals surface area contributed by atoms with Gasteiger partial charge in [-0.2, -0.15) is 0 Å². The standard InChI is InChI=1S/C16H18N2OS/c17-15(13-7-3-1-4-8-13)16(19)18-11-12-20-14-9-5-2-6-10-14/h1-10,15H,11-12,17H2,(H,18,19)/t15-/m0/s1. The van der Waals surface area contributed by atoms with Gasteiger partial charge in [0, 0.05) is 17.2 Å². The Kier molecular flexibility index (Phi) is 5.65. The second-order valence-electron chi connectivity index (χ2n) is 4.34. The van der Waals surface area contributed by atoms with Crippen LogP contribution in [0.3, 0.4) is 0 Å². The van der Waals surface area contributed by atoms with Crippen molar-refractivity contribution in [1.82, 2.24) is 5.32 Å². The number of amides is 1. The smallest absolute Gasteiger partial charge is 0.241 e. The number of thioether (sulfide) groups is 1. The van der Waals surface area contributed by atoms with Gasteiger partial charge in [0.15, 0.2) is 0 Å². The Bertz CT molecular complexity index is 531. The molecule has 0 unspecified atom stereocenters. The Morgan fingerprint density at radius 3 is 2.30 bits per heavy atom. The number of benzene rings is 2. The molecule has 4 heteroatoms. The number of carbonyl (C=O) groups excluding carboxylic acids is 1. The maximum Gasteiger partial charge on any atom is 0.241 e. The first-order chi connectivity index (χ1) is 9.77. The van der Waals surface area contributed by atoms with Gasteiger partial charge in [-0.3, -0.25) is 4.79 Å². The molecule has 20 heavy (non-hydrogen) atoms. The molecule has 1 atom stereocenters. The lowest BCUT2D eigenvalue weighted by atomic mass is 10.1. The summed E-state index contributed by atoms with van der Waals surface area (Å²) in [5.74, 6) is 0.696. The summed E-state index contributed by atoms with van der Waals surface area (Å²) in [5, 5.41) is 2.87. The third-order valence-electron chi connectivity index (χ3n) is 2.85. The van der Waals surface area contributed by atoms with E-state index >= 15 is 0 Å². The minimum absolute atomic E-state index is 0.134. The average molecular weight is 286 g/mol. The van der Waals surface area contributed by atoms with Crippen molar-refractivity contribution in [1.29, 1.82) is 0 Å². The Hall–Kier alpha value is -1.78. The van der Waals surface area contributed by atoms with E-state index in [1.807, 2.05) is 48.5 Å². The first kappa shape index (κ1) is 14.6. The van der Waals surface area contributed by atoms with Crippen LogP contribution in [-0.4, -0.2) is 18.2 Å². The summed E-state index contributed by atoms with van der Waals surface area (Å²) in [6.07, 6.45) is 0. The molecule has 0 spiro atoms. The lowest BCUT2D eigenvalue weighted by molar-refractivity contribution is -0.122. The molecular formula is C16H18N2OS. The second-order valence-corrected chi connectivity index (χ2v) is 5.51. The third kappa shape index (κ3) is 4.40. The largest absolute Gasteiger partial charge is 0.354 e. The minimum atomic E-state index is -0.599. The van der Waals surface area contributed by atoms with Gasteiger partial charge in [-0.1, -0.05) is 48.5 Å². The van der Waals surface area contributed by atoms with Crippen LogP contribution in [0.2, 0.25) is 0 Å². The van der Waals surface area contributed by atoms with Gasteiger partial charge in [-0.25, -0.2) is 0 Å². The molecule has 0 bridgehead atoms. The van der Waals surface area contributed by atoms with Crippen LogP contribution in [0.15, 0.2) is 65.6 Å². The highest BCUT2D eigenvalue weighted by Gasteiger charge is 2.14. The molecular weight excluding hydrogens is 268 g/mol. The monoisotopic (exact) mass is 286 g/mol. The van der Waals surface area contributed by atoms with E-state index in [9.17, 15) is 4.79 Å². The second kappa shape index (κ2) is 7.72. The van der Waals surface area contributed by atoms with Gasteiger partial charge < -0.3 is 11.1 Å². The maximum absolute atomic E-state index is 11.9. The van der Waals surface area contributed by atoms with Crippen molar-refractivity contribution in [2.24, 2.45) is 5.73 Å². The fourth-order valence-corrected chi connectivity index (χ4v) is 2.57. The molecule has 2 rings (SSSR count). The summed E-state index contributed by atoms with van der Waals surface area (Å²) < 4.78 is 0. The molecule has 104 valence electrons. The van der Waals surface area contributed by atoms with Crippen LogP contribution in [0.25, 0.3) is 0 Å². The van der Waals surface area contributed by atoms with Crippen molar-refractivity contribution >= 4 is 17.7 Å². The van der Waals surface area contributed by atoms with Gasteiger partial charge in [-0.05, 0) is 17.7 Å². The van der Waals surface area contributed by atoms with E-state index < -0.39 is 6.04 Å². The highest BCUT2D eigenvalue weighted by molar-refractivity contribution is 7.99. The highest BCUT2D eigenvalue weighted by Crippen LogP contribution is 2.16. The molecule has 3 nitrogen and oxygen atoms in total. The summed E-state index contributed by atoms with van der Waals surface area (Å²) in [4.78, 5) is 13.1. The fourth-order valence-electron chi connectivity index (χ4n) is 1.78. The van der Waals surface area contributed by atoms with E-state index in [1.165, 1.54) is 4.90 Å². The Morgan fingerprint density at radius 1 is 1.05 bits per heavy atom. The molecule has 0 fully saturated rings. The highest BCUT2D eigenvalue weighted by atomic mass is 32.2. The predicted molar refractivity (Wildman–Crippen MR) is 83.5 cm³/mol. The quantitative estimate of drug-likeness (QED) is 0.634. The zero-order valence-electron chi connectivity index (χ0n) is 11.2. The number of rotatable bonds is 6. The van der Waals surface area contributed by atoms with Crippen LogP contribution in [0.4, 0.5) is 0 Å². The molecule has 0 saturated carbocycles. The van der Waals surface area contributed by atoms with Crippen LogP contribution < -0.4 is 11.1 Å². The Labute approximate surface area is 123 Å². The van der Waals surface area contributed by atoms with Crippen molar-refractivity contribution in [3.05, 3.63) is 66.2 Å². The summed E-state index contributed by atoms with van der Waals surface area (Å²) >= 11 is 1.71. The average Bonchev–Trinajstić information content (AvgIpc) is 2.52. The van der Waals surface area contributed by atoms with E-state index in [1.54, 1.807) is 11.8 Å². The number of nitrogens with one attached hydrogen (secondary N) is 1. The molecule has 0 saturated heterocycles. The topological polar surface area (TPSA) is 55.1 Å². The first-order valence-corrected chi connectivity index (χ1v) is 7.52. The van der Waals surface area contributed by atoms with Crippen LogP contribution >= 0.6 is 11.8 Å². The van der Waals surface area contributed by atoms with Crippen LogP contribution in [0.1, 0.15) is 11.6 Å². The zero-order chi connectivity index (χ0) is 14.2. The van der Waals surface area contributed by atoms with Crippen molar-refractivity contribution in [3.8, 4) is 0 Å². The molecule has 0 radical (unpaired) electrons. The number of carbonyl (C=O) groups is 1. The van der Waals surface area contributed by atoms with Crippen LogP contribution in [0, 0.1) is 0 Å². The van der Waals surface area contributed by atoms with E-state index in [0.29, 0.717) is 6.54 Å². The normalized spacial score (nSPS) is 11.8. The van der Waals surface area contributed by atoms with Crippen LogP contribution in [-0.2, 0) is 4.79 Å². The van der Waals surface area contributed by atoms with Gasteiger partial charge in [0.25, 0.3) is 0 Å². The van der Waals surface area contributed by atoms with E-state index in [-0.39, 0.29) is 5.91 Å². The summed E-state index contributed by atoms with van der Waals surface area (Å²) in [6, 6.07) is 18.9. The maximum atomic E-state index is 11.9. The van der Waals surface area contributed by atoms with Crippen LogP contribution in [0.5, 0.6) is 0 Å². The van der Waals surface area contributed by atoms with Crippen molar-refractivity contribution in [2.45, 2.75) is 10.9 Å². The molecule has 0 aromatic heterocycles. The number of nitrogens with two attached hydrogens (primary N) is 1. The first-order valence-electron chi connectivity index (χ1n) is 6.53. The number of hydrogen-bond acceptors (Lipinski definition) is 3. The lowest BCUT2D eigenvalue weighted by Crippen LogP contribution is -2.35. The lowest BCUT2D eigenvalue weighted by Gasteiger charge is -2.12. The van der Waals surface area contributed by atoms with Crippen molar-refractivity contribution < 1.29 is 4.79 Å². The molecule has 2 aromatic carbocycles. The van der Waals surface area contributed by atoms with Gasteiger partial charge >= 0.3 is 0 Å². The van der Waals surface area contributed by atoms with E-state index in [0.717, 1.165) is 11.3 Å². The Morgan fingerprint density at radius 2 is 1.65 bits per heavy atom. The SMILES string of the molecule is N[C@H](C(=O)NCCSc1ccccc1)c1ccccc1. The minimum Gasteiger partial charge on any atom is -0.354 e. The molecule has 0 aliphatic heterocycles.